The van der Waals surface area contributed by atoms with Gasteiger partial charge >= 0.3 is 12.2 Å². The van der Waals surface area contributed by atoms with Crippen molar-refractivity contribution in [3.05, 3.63) is 64.1 Å². The van der Waals surface area contributed by atoms with Crippen molar-refractivity contribution >= 4 is 33.6 Å². The lowest BCUT2D eigenvalue weighted by atomic mass is 10.2. The molecule has 0 saturated heterocycles. The van der Waals surface area contributed by atoms with Crippen LogP contribution in [0.3, 0.4) is 0 Å². The summed E-state index contributed by atoms with van der Waals surface area (Å²) in [4.78, 5) is 23.4. The molecule has 3 amide bonds. The lowest BCUT2D eigenvalue weighted by molar-refractivity contribution is -0.138. The number of amides is 3. The van der Waals surface area contributed by atoms with E-state index in [4.69, 9.17) is 0 Å². The van der Waals surface area contributed by atoms with Crippen molar-refractivity contribution < 1.29 is 22.8 Å². The van der Waals surface area contributed by atoms with E-state index in [-0.39, 0.29) is 23.2 Å². The molecule has 138 valence electrons. The minimum atomic E-state index is -4.55. The number of carbonyl (C=O) groups excluding carboxylic acids is 2. The molecule has 2 aromatic carbocycles. The highest BCUT2D eigenvalue weighted by atomic mass is 79.9. The van der Waals surface area contributed by atoms with Crippen LogP contribution >= 0.6 is 15.9 Å². The molecule has 0 aromatic heterocycles. The van der Waals surface area contributed by atoms with Crippen LogP contribution in [0.2, 0.25) is 0 Å². The van der Waals surface area contributed by atoms with E-state index in [1.54, 1.807) is 0 Å². The van der Waals surface area contributed by atoms with Gasteiger partial charge in [0.15, 0.2) is 0 Å². The Morgan fingerprint density at radius 1 is 1.00 bits per heavy atom. The highest BCUT2D eigenvalue weighted by Gasteiger charge is 2.33. The quantitative estimate of drug-likeness (QED) is 0.674. The SMILES string of the molecule is O=C(CNC(=O)NCc1ccccc1)Nc1ccc(Br)c(C(F)(F)F)c1. The number of hydrogen-bond acceptors (Lipinski definition) is 2. The van der Waals surface area contributed by atoms with Crippen molar-refractivity contribution in [1.82, 2.24) is 10.6 Å². The van der Waals surface area contributed by atoms with Crippen LogP contribution in [-0.2, 0) is 17.5 Å². The minimum absolute atomic E-state index is 0.0166. The van der Waals surface area contributed by atoms with E-state index in [2.05, 4.69) is 31.9 Å². The lowest BCUT2D eigenvalue weighted by Crippen LogP contribution is -2.39. The summed E-state index contributed by atoms with van der Waals surface area (Å²) in [6.45, 7) is -0.0893. The van der Waals surface area contributed by atoms with Gasteiger partial charge < -0.3 is 16.0 Å². The molecule has 2 rings (SSSR count). The Morgan fingerprint density at radius 2 is 1.69 bits per heavy atom. The molecular weight excluding hydrogens is 415 g/mol. The Morgan fingerprint density at radius 3 is 2.35 bits per heavy atom. The summed E-state index contributed by atoms with van der Waals surface area (Å²) in [5.74, 6) is -0.643. The molecular formula is C17H15BrF3N3O2. The standard InChI is InChI=1S/C17H15BrF3N3O2/c18-14-7-6-12(8-13(14)17(19,20)21)24-15(25)10-23-16(26)22-9-11-4-2-1-3-5-11/h1-8H,9-10H2,(H,24,25)(H2,22,23,26). The maximum atomic E-state index is 12.8. The predicted molar refractivity (Wildman–Crippen MR) is 94.5 cm³/mol. The molecule has 0 unspecified atom stereocenters. The van der Waals surface area contributed by atoms with E-state index in [1.165, 1.54) is 12.1 Å². The number of nitrogens with one attached hydrogen (secondary N) is 3. The predicted octanol–water partition coefficient (Wildman–Crippen LogP) is 3.91. The lowest BCUT2D eigenvalue weighted by Gasteiger charge is -2.12. The monoisotopic (exact) mass is 429 g/mol. The Hall–Kier alpha value is -2.55. The fourth-order valence-corrected chi connectivity index (χ4v) is 2.50. The van der Waals surface area contributed by atoms with Crippen LogP contribution in [0.25, 0.3) is 0 Å². The summed E-state index contributed by atoms with van der Waals surface area (Å²) in [5.41, 5.74) is -0.0254. The number of urea groups is 1. The van der Waals surface area contributed by atoms with Crippen LogP contribution in [0, 0.1) is 0 Å². The highest BCUT2D eigenvalue weighted by Crippen LogP contribution is 2.36. The molecule has 9 heteroatoms. The van der Waals surface area contributed by atoms with Gasteiger partial charge in [0.05, 0.1) is 12.1 Å². The van der Waals surface area contributed by atoms with E-state index in [0.29, 0.717) is 0 Å². The average Bonchev–Trinajstić information content (AvgIpc) is 2.60. The molecule has 0 spiro atoms. The molecule has 2 aromatic rings. The summed E-state index contributed by atoms with van der Waals surface area (Å²) in [6.07, 6.45) is -4.55. The Balaban J connectivity index is 1.82. The van der Waals surface area contributed by atoms with Gasteiger partial charge in [-0.2, -0.15) is 13.2 Å². The first kappa shape index (κ1) is 19.8. The average molecular weight is 430 g/mol. The van der Waals surface area contributed by atoms with Crippen LogP contribution < -0.4 is 16.0 Å². The largest absolute Gasteiger partial charge is 0.417 e. The maximum Gasteiger partial charge on any atom is 0.417 e. The summed E-state index contributed by atoms with van der Waals surface area (Å²) in [5, 5.41) is 7.21. The molecule has 5 nitrogen and oxygen atoms in total. The molecule has 3 N–H and O–H groups in total. The van der Waals surface area contributed by atoms with E-state index < -0.39 is 23.7 Å². The number of rotatable bonds is 5. The second-order valence-electron chi connectivity index (χ2n) is 5.26. The number of halogens is 4. The molecule has 0 aliphatic rings. The zero-order chi connectivity index (χ0) is 19.2. The van der Waals surface area contributed by atoms with Gasteiger partial charge in [-0.1, -0.05) is 46.3 Å². The molecule has 0 heterocycles. The fraction of sp³-hybridized carbons (Fsp3) is 0.176. The van der Waals surface area contributed by atoms with E-state index in [1.807, 2.05) is 30.3 Å². The van der Waals surface area contributed by atoms with Gasteiger partial charge in [-0.25, -0.2) is 4.79 Å². The summed E-state index contributed by atoms with van der Waals surface area (Å²) in [7, 11) is 0. The van der Waals surface area contributed by atoms with Gasteiger partial charge in [-0.15, -0.1) is 0 Å². The van der Waals surface area contributed by atoms with Crippen LogP contribution in [0.4, 0.5) is 23.7 Å². The zero-order valence-corrected chi connectivity index (χ0v) is 14.9. The third kappa shape index (κ3) is 6.07. The number of anilines is 1. The van der Waals surface area contributed by atoms with Crippen LogP contribution in [-0.4, -0.2) is 18.5 Å². The van der Waals surface area contributed by atoms with Gasteiger partial charge in [0.25, 0.3) is 0 Å². The van der Waals surface area contributed by atoms with E-state index >= 15 is 0 Å². The summed E-state index contributed by atoms with van der Waals surface area (Å²) >= 11 is 2.82. The Kier molecular flexibility index (Phi) is 6.62. The second-order valence-corrected chi connectivity index (χ2v) is 6.12. The Bertz CT molecular complexity index is 783. The number of benzene rings is 2. The Labute approximate surface area is 156 Å². The maximum absolute atomic E-state index is 12.8. The fourth-order valence-electron chi connectivity index (χ4n) is 2.03. The van der Waals surface area contributed by atoms with Crippen LogP contribution in [0.5, 0.6) is 0 Å². The molecule has 0 aliphatic carbocycles. The van der Waals surface area contributed by atoms with Crippen LogP contribution in [0.1, 0.15) is 11.1 Å². The van der Waals surface area contributed by atoms with Crippen molar-refractivity contribution in [2.75, 3.05) is 11.9 Å². The molecule has 0 aliphatic heterocycles. The molecule has 0 radical (unpaired) electrons. The van der Waals surface area contributed by atoms with E-state index in [9.17, 15) is 22.8 Å². The van der Waals surface area contributed by atoms with Gasteiger partial charge in [0, 0.05) is 16.7 Å². The van der Waals surface area contributed by atoms with E-state index in [0.717, 1.165) is 11.6 Å². The van der Waals surface area contributed by atoms with Crippen molar-refractivity contribution in [3.8, 4) is 0 Å². The first-order chi connectivity index (χ1) is 12.3. The minimum Gasteiger partial charge on any atom is -0.334 e. The van der Waals surface area contributed by atoms with Crippen molar-refractivity contribution in [1.29, 1.82) is 0 Å². The first-order valence-corrected chi connectivity index (χ1v) is 8.27. The molecule has 0 atom stereocenters. The second kappa shape index (κ2) is 8.70. The third-order valence-electron chi connectivity index (χ3n) is 3.26. The number of alkyl halides is 3. The van der Waals surface area contributed by atoms with Gasteiger partial charge in [-0.05, 0) is 23.8 Å². The normalized spacial score (nSPS) is 10.9. The van der Waals surface area contributed by atoms with Gasteiger partial charge in [0.2, 0.25) is 5.91 Å². The summed E-state index contributed by atoms with van der Waals surface area (Å²) < 4.78 is 38.4. The van der Waals surface area contributed by atoms with Crippen molar-refractivity contribution in [2.24, 2.45) is 0 Å². The molecule has 0 bridgehead atoms. The summed E-state index contributed by atoms with van der Waals surface area (Å²) in [6, 6.07) is 11.9. The van der Waals surface area contributed by atoms with Gasteiger partial charge in [-0.3, -0.25) is 4.79 Å². The number of carbonyl (C=O) groups is 2. The van der Waals surface area contributed by atoms with Crippen molar-refractivity contribution in [2.45, 2.75) is 12.7 Å². The van der Waals surface area contributed by atoms with Crippen molar-refractivity contribution in [3.63, 3.8) is 0 Å². The zero-order valence-electron chi connectivity index (χ0n) is 13.4. The van der Waals surface area contributed by atoms with Crippen LogP contribution in [0.15, 0.2) is 53.0 Å². The first-order valence-electron chi connectivity index (χ1n) is 7.48. The smallest absolute Gasteiger partial charge is 0.334 e. The molecule has 0 fully saturated rings. The molecule has 0 saturated carbocycles. The van der Waals surface area contributed by atoms with Gasteiger partial charge in [0.1, 0.15) is 0 Å². The number of hydrogen-bond donors (Lipinski definition) is 3. The third-order valence-corrected chi connectivity index (χ3v) is 3.95. The molecule has 26 heavy (non-hydrogen) atoms. The topological polar surface area (TPSA) is 70.2 Å². The highest BCUT2D eigenvalue weighted by molar-refractivity contribution is 9.10.